The number of benzene rings is 1. The maximum atomic E-state index is 11.8. The van der Waals surface area contributed by atoms with Crippen molar-refractivity contribution in [3.05, 3.63) is 35.5 Å². The molecule has 0 radical (unpaired) electrons. The minimum Gasteiger partial charge on any atom is -0.377 e. The van der Waals surface area contributed by atoms with Gasteiger partial charge in [0, 0.05) is 49.0 Å². The zero-order chi connectivity index (χ0) is 22.0. The second kappa shape index (κ2) is 9.20. The molecule has 1 fully saturated rings. The molecular weight excluding hydrogens is 392 g/mol. The van der Waals surface area contributed by atoms with E-state index < -0.39 is 0 Å². The van der Waals surface area contributed by atoms with Gasteiger partial charge in [-0.05, 0) is 39.8 Å². The number of ether oxygens (including phenoxy) is 1. The minimum absolute atomic E-state index is 0.200. The van der Waals surface area contributed by atoms with Crippen LogP contribution in [-0.2, 0) is 17.8 Å². The summed E-state index contributed by atoms with van der Waals surface area (Å²) in [7, 11) is 0. The number of hydrogen-bond acceptors (Lipinski definition) is 6. The number of nitrogens with zero attached hydrogens (tertiary/aromatic N) is 4. The fourth-order valence-electron chi connectivity index (χ4n) is 4.07. The molecule has 0 saturated carbocycles. The number of nitrogens with one attached hydrogen (secondary N) is 2. The lowest BCUT2D eigenvalue weighted by Crippen LogP contribution is -2.44. The molecule has 2 aromatic rings. The predicted molar refractivity (Wildman–Crippen MR) is 122 cm³/mol. The number of carbonyl (C=O) groups is 1. The molecule has 1 aromatic carbocycles. The third-order valence-electron chi connectivity index (χ3n) is 5.90. The molecule has 31 heavy (non-hydrogen) atoms. The smallest absolute Gasteiger partial charge is 0.319 e. The molecule has 2 aliphatic rings. The molecule has 3 heterocycles. The van der Waals surface area contributed by atoms with Gasteiger partial charge in [0.15, 0.2) is 0 Å². The topological polar surface area (TPSA) is 82.6 Å². The average Bonchev–Trinajstić information content (AvgIpc) is 3.19. The van der Waals surface area contributed by atoms with Crippen molar-refractivity contribution >= 4 is 17.7 Å². The van der Waals surface area contributed by atoms with Crippen LogP contribution in [0.3, 0.4) is 0 Å². The van der Waals surface area contributed by atoms with Gasteiger partial charge in [0.2, 0.25) is 5.95 Å². The summed E-state index contributed by atoms with van der Waals surface area (Å²) in [4.78, 5) is 26.5. The van der Waals surface area contributed by atoms with Gasteiger partial charge in [-0.25, -0.2) is 14.8 Å². The molecule has 2 aliphatic heterocycles. The zero-order valence-electron chi connectivity index (χ0n) is 18.8. The summed E-state index contributed by atoms with van der Waals surface area (Å²) in [6.07, 6.45) is 0. The van der Waals surface area contributed by atoms with E-state index in [1.807, 2.05) is 31.2 Å². The molecule has 8 nitrogen and oxygen atoms in total. The van der Waals surface area contributed by atoms with E-state index in [0.717, 1.165) is 48.2 Å². The molecular formula is C23H32N6O2. The number of fused-ring (bicyclic) bond motifs is 1. The summed E-state index contributed by atoms with van der Waals surface area (Å²) in [5.74, 6) is 0.777. The second-order valence-electron chi connectivity index (χ2n) is 8.48. The number of aromatic nitrogens is 2. The van der Waals surface area contributed by atoms with Gasteiger partial charge in [-0.2, -0.15) is 0 Å². The number of amides is 2. The standard InChI is InChI=1S/C23H32N6O2/c1-5-24-23(30)25-18-8-6-17(7-9-18)21-19-12-28(15(2)3)13-20(19)26-22(27-21)29-10-11-31-14-16(29)4/h6-9,15-16H,5,10-14H2,1-4H3,(H2,24,25,30)/t16-/m0/s1. The average molecular weight is 425 g/mol. The summed E-state index contributed by atoms with van der Waals surface area (Å²) >= 11 is 0. The summed E-state index contributed by atoms with van der Waals surface area (Å²) in [6, 6.07) is 8.37. The monoisotopic (exact) mass is 424 g/mol. The number of rotatable bonds is 5. The lowest BCUT2D eigenvalue weighted by Gasteiger charge is -2.33. The molecule has 1 saturated heterocycles. The van der Waals surface area contributed by atoms with E-state index in [-0.39, 0.29) is 12.1 Å². The van der Waals surface area contributed by atoms with Gasteiger partial charge in [0.05, 0.1) is 30.6 Å². The van der Waals surface area contributed by atoms with E-state index in [4.69, 9.17) is 14.7 Å². The molecule has 1 aromatic heterocycles. The molecule has 2 amide bonds. The zero-order valence-corrected chi connectivity index (χ0v) is 18.8. The Hall–Kier alpha value is -2.71. The van der Waals surface area contributed by atoms with Crippen molar-refractivity contribution in [1.82, 2.24) is 20.2 Å². The highest BCUT2D eigenvalue weighted by molar-refractivity contribution is 5.89. The Kier molecular flexibility index (Phi) is 6.38. The quantitative estimate of drug-likeness (QED) is 0.767. The van der Waals surface area contributed by atoms with E-state index in [2.05, 4.69) is 41.2 Å². The first-order chi connectivity index (χ1) is 15.0. The van der Waals surface area contributed by atoms with Gasteiger partial charge < -0.3 is 20.3 Å². The third kappa shape index (κ3) is 4.65. The normalized spacial score (nSPS) is 18.9. The van der Waals surface area contributed by atoms with Crippen molar-refractivity contribution in [3.63, 3.8) is 0 Å². The highest BCUT2D eigenvalue weighted by Crippen LogP contribution is 2.34. The van der Waals surface area contributed by atoms with Gasteiger partial charge >= 0.3 is 6.03 Å². The largest absolute Gasteiger partial charge is 0.377 e. The highest BCUT2D eigenvalue weighted by atomic mass is 16.5. The van der Waals surface area contributed by atoms with Crippen LogP contribution < -0.4 is 15.5 Å². The first-order valence-electron chi connectivity index (χ1n) is 11.1. The molecule has 166 valence electrons. The van der Waals surface area contributed by atoms with Gasteiger partial charge in [0.1, 0.15) is 0 Å². The van der Waals surface area contributed by atoms with Gasteiger partial charge in [-0.3, -0.25) is 4.90 Å². The summed E-state index contributed by atoms with van der Waals surface area (Å²) < 4.78 is 5.61. The Morgan fingerprint density at radius 3 is 2.68 bits per heavy atom. The Bertz CT molecular complexity index is 930. The number of morpholine rings is 1. The van der Waals surface area contributed by atoms with E-state index in [1.54, 1.807) is 0 Å². The van der Waals surface area contributed by atoms with Crippen molar-refractivity contribution in [2.24, 2.45) is 0 Å². The van der Waals surface area contributed by atoms with Crippen LogP contribution in [0.25, 0.3) is 11.3 Å². The number of anilines is 2. The molecule has 0 spiro atoms. The van der Waals surface area contributed by atoms with Crippen LogP contribution in [0.2, 0.25) is 0 Å². The van der Waals surface area contributed by atoms with E-state index >= 15 is 0 Å². The van der Waals surface area contributed by atoms with Crippen molar-refractivity contribution in [3.8, 4) is 11.3 Å². The lowest BCUT2D eigenvalue weighted by atomic mass is 10.1. The summed E-state index contributed by atoms with van der Waals surface area (Å²) in [5, 5.41) is 5.60. The Morgan fingerprint density at radius 2 is 2.00 bits per heavy atom. The molecule has 0 bridgehead atoms. The van der Waals surface area contributed by atoms with E-state index in [9.17, 15) is 4.79 Å². The van der Waals surface area contributed by atoms with Crippen LogP contribution >= 0.6 is 0 Å². The second-order valence-corrected chi connectivity index (χ2v) is 8.48. The summed E-state index contributed by atoms with van der Waals surface area (Å²) in [6.45, 7) is 12.9. The van der Waals surface area contributed by atoms with Crippen LogP contribution in [0.15, 0.2) is 24.3 Å². The molecule has 0 aliphatic carbocycles. The van der Waals surface area contributed by atoms with Crippen LogP contribution in [0.5, 0.6) is 0 Å². The van der Waals surface area contributed by atoms with Crippen molar-refractivity contribution in [2.45, 2.75) is 52.9 Å². The van der Waals surface area contributed by atoms with Gasteiger partial charge in [-0.1, -0.05) is 12.1 Å². The fraction of sp³-hybridized carbons (Fsp3) is 0.522. The minimum atomic E-state index is -0.200. The first kappa shape index (κ1) is 21.5. The van der Waals surface area contributed by atoms with Crippen LogP contribution in [0.1, 0.15) is 39.0 Å². The van der Waals surface area contributed by atoms with Crippen molar-refractivity contribution in [2.75, 3.05) is 36.5 Å². The molecule has 8 heteroatoms. The van der Waals surface area contributed by atoms with Crippen LogP contribution in [0.4, 0.5) is 16.4 Å². The Balaban J connectivity index is 1.68. The molecule has 4 rings (SSSR count). The van der Waals surface area contributed by atoms with E-state index in [1.165, 1.54) is 5.56 Å². The highest BCUT2D eigenvalue weighted by Gasteiger charge is 2.30. The first-order valence-corrected chi connectivity index (χ1v) is 11.1. The molecule has 1 atom stereocenters. The Labute approximate surface area is 184 Å². The molecule has 2 N–H and O–H groups in total. The number of carbonyl (C=O) groups excluding carboxylic acids is 1. The molecule has 0 unspecified atom stereocenters. The van der Waals surface area contributed by atoms with Crippen molar-refractivity contribution in [1.29, 1.82) is 0 Å². The maximum absolute atomic E-state index is 11.8. The van der Waals surface area contributed by atoms with Gasteiger partial charge in [-0.15, -0.1) is 0 Å². The maximum Gasteiger partial charge on any atom is 0.319 e. The summed E-state index contributed by atoms with van der Waals surface area (Å²) in [5.41, 5.74) is 5.07. The van der Waals surface area contributed by atoms with E-state index in [0.29, 0.717) is 25.8 Å². The SMILES string of the molecule is CCNC(=O)Nc1ccc(-c2nc(N3CCOC[C@@H]3C)nc3c2CN(C(C)C)C3)cc1. The number of hydrogen-bond donors (Lipinski definition) is 2. The third-order valence-corrected chi connectivity index (χ3v) is 5.90. The van der Waals surface area contributed by atoms with Gasteiger partial charge in [0.25, 0.3) is 0 Å². The number of urea groups is 1. The van der Waals surface area contributed by atoms with Crippen LogP contribution in [0, 0.1) is 0 Å². The Morgan fingerprint density at radius 1 is 1.23 bits per heavy atom. The lowest BCUT2D eigenvalue weighted by molar-refractivity contribution is 0.0980. The predicted octanol–water partition coefficient (Wildman–Crippen LogP) is 3.23. The van der Waals surface area contributed by atoms with Crippen molar-refractivity contribution < 1.29 is 9.53 Å². The fourth-order valence-corrected chi connectivity index (χ4v) is 4.07. The van der Waals surface area contributed by atoms with Crippen LogP contribution in [-0.4, -0.2) is 59.3 Å².